The van der Waals surface area contributed by atoms with Crippen molar-refractivity contribution in [3.05, 3.63) is 65.9 Å². The Hall–Kier alpha value is -3.22. The minimum absolute atomic E-state index is 0.121. The third kappa shape index (κ3) is 3.97. The van der Waals surface area contributed by atoms with E-state index in [0.717, 1.165) is 30.1 Å². The van der Waals surface area contributed by atoms with Crippen LogP contribution in [-0.2, 0) is 0 Å². The first-order valence-corrected chi connectivity index (χ1v) is 8.97. The molecular formula is C20H20N4O3. The summed E-state index contributed by atoms with van der Waals surface area (Å²) < 4.78 is 10.8. The van der Waals surface area contributed by atoms with Crippen molar-refractivity contribution < 1.29 is 14.1 Å². The number of nitrogens with zero attached hydrogens (tertiary/aromatic N) is 4. The lowest BCUT2D eigenvalue weighted by molar-refractivity contribution is 0.0669. The third-order valence-corrected chi connectivity index (χ3v) is 4.61. The van der Waals surface area contributed by atoms with Crippen molar-refractivity contribution in [3.63, 3.8) is 0 Å². The number of ether oxygens (including phenoxy) is 1. The molecule has 3 aromatic rings. The zero-order valence-corrected chi connectivity index (χ0v) is 15.0. The van der Waals surface area contributed by atoms with Crippen LogP contribution in [0.2, 0.25) is 0 Å². The molecule has 0 spiro atoms. The highest BCUT2D eigenvalue weighted by atomic mass is 16.5. The van der Waals surface area contributed by atoms with Gasteiger partial charge in [-0.05, 0) is 31.9 Å². The Kier molecular flexibility index (Phi) is 4.82. The first-order valence-electron chi connectivity index (χ1n) is 8.97. The molecule has 138 valence electrons. The molecule has 1 aliphatic heterocycles. The number of para-hydroxylation sites is 1. The molecule has 0 saturated carbocycles. The lowest BCUT2D eigenvalue weighted by Gasteiger charge is -2.30. The summed E-state index contributed by atoms with van der Waals surface area (Å²) >= 11 is 0. The van der Waals surface area contributed by atoms with Gasteiger partial charge in [0, 0.05) is 36.8 Å². The molecule has 27 heavy (non-hydrogen) atoms. The second kappa shape index (κ2) is 7.57. The van der Waals surface area contributed by atoms with Crippen LogP contribution in [0.5, 0.6) is 11.6 Å². The molecule has 1 aliphatic rings. The molecule has 3 heterocycles. The van der Waals surface area contributed by atoms with E-state index in [0.29, 0.717) is 19.0 Å². The maximum Gasteiger partial charge on any atom is 0.292 e. The summed E-state index contributed by atoms with van der Waals surface area (Å²) in [6.45, 7) is 3.21. The number of amides is 1. The predicted molar refractivity (Wildman–Crippen MR) is 97.7 cm³/mol. The molecule has 1 fully saturated rings. The van der Waals surface area contributed by atoms with E-state index in [1.54, 1.807) is 11.0 Å². The van der Waals surface area contributed by atoms with E-state index in [1.807, 2.05) is 43.3 Å². The number of hydrogen-bond donors (Lipinski definition) is 0. The normalized spacial score (nSPS) is 14.9. The highest BCUT2D eigenvalue weighted by Gasteiger charge is 2.28. The van der Waals surface area contributed by atoms with Crippen LogP contribution in [-0.4, -0.2) is 39.0 Å². The lowest BCUT2D eigenvalue weighted by atomic mass is 9.95. The van der Waals surface area contributed by atoms with Gasteiger partial charge < -0.3 is 14.2 Å². The Labute approximate surface area is 157 Å². The number of piperidine rings is 1. The Morgan fingerprint density at radius 2 is 1.93 bits per heavy atom. The first kappa shape index (κ1) is 17.2. The molecule has 0 atom stereocenters. The average Bonchev–Trinajstić information content (AvgIpc) is 3.23. The second-order valence-corrected chi connectivity index (χ2v) is 6.56. The van der Waals surface area contributed by atoms with Crippen LogP contribution >= 0.6 is 0 Å². The van der Waals surface area contributed by atoms with E-state index in [1.165, 1.54) is 6.20 Å². The number of carbonyl (C=O) groups excluding carboxylic acids is 1. The van der Waals surface area contributed by atoms with Crippen molar-refractivity contribution in [1.82, 2.24) is 20.0 Å². The average molecular weight is 364 g/mol. The van der Waals surface area contributed by atoms with Gasteiger partial charge in [0.25, 0.3) is 5.91 Å². The monoisotopic (exact) mass is 364 g/mol. The lowest BCUT2D eigenvalue weighted by Crippen LogP contribution is -2.38. The van der Waals surface area contributed by atoms with Crippen molar-refractivity contribution in [1.29, 1.82) is 0 Å². The molecule has 0 radical (unpaired) electrons. The number of hydrogen-bond acceptors (Lipinski definition) is 6. The molecule has 0 aliphatic carbocycles. The zero-order chi connectivity index (χ0) is 18.6. The summed E-state index contributed by atoms with van der Waals surface area (Å²) in [5.41, 5.74) is 0.867. The van der Waals surface area contributed by atoms with Crippen molar-refractivity contribution in [2.45, 2.75) is 25.7 Å². The number of aromatic nitrogens is 3. The Balaban J connectivity index is 1.44. The minimum Gasteiger partial charge on any atom is -0.439 e. The van der Waals surface area contributed by atoms with Crippen molar-refractivity contribution in [3.8, 4) is 11.6 Å². The van der Waals surface area contributed by atoms with Gasteiger partial charge in [0.05, 0.1) is 6.20 Å². The molecule has 0 bridgehead atoms. The molecule has 4 rings (SSSR count). The Morgan fingerprint density at radius 1 is 1.15 bits per heavy atom. The predicted octanol–water partition coefficient (Wildman–Crippen LogP) is 3.59. The molecule has 7 nitrogen and oxygen atoms in total. The highest BCUT2D eigenvalue weighted by molar-refractivity contribution is 5.91. The first-order chi connectivity index (χ1) is 13.2. The highest BCUT2D eigenvalue weighted by Crippen LogP contribution is 2.29. The molecule has 2 aromatic heterocycles. The summed E-state index contributed by atoms with van der Waals surface area (Å²) in [5, 5.41) is 3.60. The SMILES string of the molecule is Cc1cc(Oc2ccccc2)nc(C2CCN(C(=O)c3ccno3)CC2)n1. The van der Waals surface area contributed by atoms with Gasteiger partial charge >= 0.3 is 0 Å². The Morgan fingerprint density at radius 3 is 2.63 bits per heavy atom. The molecule has 7 heteroatoms. The van der Waals surface area contributed by atoms with E-state index in [-0.39, 0.29) is 17.6 Å². The van der Waals surface area contributed by atoms with Gasteiger partial charge in [0.2, 0.25) is 11.6 Å². The van der Waals surface area contributed by atoms with Gasteiger partial charge in [-0.1, -0.05) is 23.4 Å². The third-order valence-electron chi connectivity index (χ3n) is 4.61. The van der Waals surface area contributed by atoms with E-state index >= 15 is 0 Å². The van der Waals surface area contributed by atoms with E-state index < -0.39 is 0 Å². The van der Waals surface area contributed by atoms with E-state index in [2.05, 4.69) is 15.1 Å². The summed E-state index contributed by atoms with van der Waals surface area (Å²) in [5.74, 6) is 2.41. The van der Waals surface area contributed by atoms with Crippen molar-refractivity contribution in [2.75, 3.05) is 13.1 Å². The van der Waals surface area contributed by atoms with Gasteiger partial charge in [0.15, 0.2) is 0 Å². The zero-order valence-electron chi connectivity index (χ0n) is 15.0. The minimum atomic E-state index is -0.121. The molecule has 0 unspecified atom stereocenters. The summed E-state index contributed by atoms with van der Waals surface area (Å²) in [7, 11) is 0. The molecular weight excluding hydrogens is 344 g/mol. The van der Waals surface area contributed by atoms with Crippen LogP contribution in [0, 0.1) is 6.92 Å². The topological polar surface area (TPSA) is 81.4 Å². The molecule has 0 N–H and O–H groups in total. The number of benzene rings is 1. The molecule has 1 saturated heterocycles. The second-order valence-electron chi connectivity index (χ2n) is 6.56. The van der Waals surface area contributed by atoms with E-state index in [9.17, 15) is 4.79 Å². The fraction of sp³-hybridized carbons (Fsp3) is 0.300. The van der Waals surface area contributed by atoms with Crippen LogP contribution in [0.1, 0.15) is 40.8 Å². The molecule has 1 aromatic carbocycles. The van der Waals surface area contributed by atoms with E-state index in [4.69, 9.17) is 9.26 Å². The van der Waals surface area contributed by atoms with Gasteiger partial charge in [-0.3, -0.25) is 4.79 Å². The van der Waals surface area contributed by atoms with Crippen LogP contribution < -0.4 is 4.74 Å². The number of aryl methyl sites for hydroxylation is 1. The number of rotatable bonds is 4. The maximum absolute atomic E-state index is 12.4. The summed E-state index contributed by atoms with van der Waals surface area (Å²) in [6.07, 6.45) is 3.08. The van der Waals surface area contributed by atoms with Crippen LogP contribution in [0.15, 0.2) is 53.2 Å². The maximum atomic E-state index is 12.4. The van der Waals surface area contributed by atoms with Crippen molar-refractivity contribution in [2.24, 2.45) is 0 Å². The fourth-order valence-corrected chi connectivity index (χ4v) is 3.23. The molecule has 1 amide bonds. The van der Waals surface area contributed by atoms with Crippen LogP contribution in [0.3, 0.4) is 0 Å². The van der Waals surface area contributed by atoms with Crippen molar-refractivity contribution >= 4 is 5.91 Å². The van der Waals surface area contributed by atoms with Gasteiger partial charge in [-0.2, -0.15) is 4.98 Å². The van der Waals surface area contributed by atoms with Gasteiger partial charge in [0.1, 0.15) is 11.6 Å². The fourth-order valence-electron chi connectivity index (χ4n) is 3.23. The smallest absolute Gasteiger partial charge is 0.292 e. The van der Waals surface area contributed by atoms with Crippen LogP contribution in [0.4, 0.5) is 0 Å². The summed E-state index contributed by atoms with van der Waals surface area (Å²) in [6, 6.07) is 13.0. The van der Waals surface area contributed by atoms with Gasteiger partial charge in [-0.25, -0.2) is 4.98 Å². The Bertz CT molecular complexity index is 904. The summed E-state index contributed by atoms with van der Waals surface area (Å²) in [4.78, 5) is 23.3. The number of likely N-dealkylation sites (tertiary alicyclic amines) is 1. The van der Waals surface area contributed by atoms with Gasteiger partial charge in [-0.15, -0.1) is 0 Å². The number of carbonyl (C=O) groups is 1. The quantitative estimate of drug-likeness (QED) is 0.704. The standard InChI is InChI=1S/C20H20N4O3/c1-14-13-18(26-16-5-3-2-4-6-16)23-19(22-14)15-8-11-24(12-9-15)20(25)17-7-10-21-27-17/h2-7,10,13,15H,8-9,11-12H2,1H3. The van der Waals surface area contributed by atoms with Crippen LogP contribution in [0.25, 0.3) is 0 Å². The largest absolute Gasteiger partial charge is 0.439 e.